The molecular weight excluding hydrogens is 294 g/mol. The molecule has 0 atom stereocenters. The van der Waals surface area contributed by atoms with Crippen LogP contribution in [0.15, 0.2) is 28.5 Å². The number of carbonyl (C=O) groups excluding carboxylic acids is 1. The van der Waals surface area contributed by atoms with Crippen LogP contribution in [0, 0.1) is 0 Å². The molecule has 7 nitrogen and oxygen atoms in total. The maximum Gasteiger partial charge on any atom is 0.335 e. The van der Waals surface area contributed by atoms with Crippen molar-refractivity contribution in [2.45, 2.75) is 6.92 Å². The zero-order valence-corrected chi connectivity index (χ0v) is 11.6. The van der Waals surface area contributed by atoms with Gasteiger partial charge in [-0.3, -0.25) is 15.0 Å². The molecule has 0 saturated heterocycles. The van der Waals surface area contributed by atoms with Crippen molar-refractivity contribution in [3.05, 3.63) is 39.6 Å². The van der Waals surface area contributed by atoms with Crippen molar-refractivity contribution in [1.82, 2.24) is 9.66 Å². The average Bonchev–Trinajstić information content (AvgIpc) is 2.92. The maximum absolute atomic E-state index is 12.4. The minimum Gasteiger partial charge on any atom is -0.478 e. The van der Waals surface area contributed by atoms with Crippen LogP contribution in [0.3, 0.4) is 0 Å². The van der Waals surface area contributed by atoms with Crippen molar-refractivity contribution in [3.63, 3.8) is 0 Å². The van der Waals surface area contributed by atoms with E-state index in [1.54, 1.807) is 6.07 Å². The van der Waals surface area contributed by atoms with Crippen LogP contribution in [0.4, 0.5) is 0 Å². The van der Waals surface area contributed by atoms with Crippen molar-refractivity contribution >= 4 is 44.3 Å². The third-order valence-electron chi connectivity index (χ3n) is 2.97. The number of benzene rings is 1. The fraction of sp³-hybridized carbons (Fsp3) is 0.0769. The number of carboxylic acids is 1. The molecule has 3 aromatic rings. The highest BCUT2D eigenvalue weighted by Gasteiger charge is 2.15. The molecular formula is C13H9N3O4S. The number of pyridine rings is 1. The SMILES string of the molecule is CC(=O)Nn1c(=O)c2ncsc2c2ccc(C(=O)O)cc21. The molecule has 1 aromatic carbocycles. The molecule has 0 unspecified atom stereocenters. The molecule has 0 radical (unpaired) electrons. The van der Waals surface area contributed by atoms with E-state index in [1.807, 2.05) is 0 Å². The number of carbonyl (C=O) groups is 2. The summed E-state index contributed by atoms with van der Waals surface area (Å²) >= 11 is 1.29. The molecule has 8 heteroatoms. The van der Waals surface area contributed by atoms with Gasteiger partial charge in [0, 0.05) is 12.3 Å². The van der Waals surface area contributed by atoms with Crippen molar-refractivity contribution in [2.75, 3.05) is 5.43 Å². The Bertz CT molecular complexity index is 957. The fourth-order valence-electron chi connectivity index (χ4n) is 2.12. The van der Waals surface area contributed by atoms with Crippen molar-refractivity contribution < 1.29 is 14.7 Å². The van der Waals surface area contributed by atoms with Gasteiger partial charge in [0.15, 0.2) is 0 Å². The van der Waals surface area contributed by atoms with Crippen LogP contribution in [0.25, 0.3) is 21.1 Å². The number of aromatic nitrogens is 2. The molecule has 2 aromatic heterocycles. The Balaban J connectivity index is 2.49. The second kappa shape index (κ2) is 4.67. The first kappa shape index (κ1) is 13.3. The molecule has 21 heavy (non-hydrogen) atoms. The van der Waals surface area contributed by atoms with Gasteiger partial charge in [-0.05, 0) is 12.1 Å². The van der Waals surface area contributed by atoms with Gasteiger partial charge in [-0.2, -0.15) is 0 Å². The molecule has 0 aliphatic heterocycles. The Hall–Kier alpha value is -2.74. The normalized spacial score (nSPS) is 10.9. The van der Waals surface area contributed by atoms with Gasteiger partial charge >= 0.3 is 5.97 Å². The lowest BCUT2D eigenvalue weighted by Gasteiger charge is -2.11. The highest BCUT2D eigenvalue weighted by Crippen LogP contribution is 2.26. The summed E-state index contributed by atoms with van der Waals surface area (Å²) in [7, 11) is 0. The maximum atomic E-state index is 12.4. The lowest BCUT2D eigenvalue weighted by atomic mass is 10.1. The quantitative estimate of drug-likeness (QED) is 0.745. The van der Waals surface area contributed by atoms with Gasteiger partial charge in [-0.25, -0.2) is 14.5 Å². The van der Waals surface area contributed by atoms with E-state index in [4.69, 9.17) is 5.11 Å². The van der Waals surface area contributed by atoms with Crippen LogP contribution < -0.4 is 11.0 Å². The van der Waals surface area contributed by atoms with E-state index in [-0.39, 0.29) is 11.1 Å². The van der Waals surface area contributed by atoms with E-state index >= 15 is 0 Å². The van der Waals surface area contributed by atoms with Crippen molar-refractivity contribution in [1.29, 1.82) is 0 Å². The minimum absolute atomic E-state index is 0.0323. The molecule has 2 N–H and O–H groups in total. The van der Waals surface area contributed by atoms with Gasteiger partial charge in [-0.15, -0.1) is 11.3 Å². The monoisotopic (exact) mass is 303 g/mol. The minimum atomic E-state index is -1.11. The van der Waals surface area contributed by atoms with Crippen molar-refractivity contribution in [3.8, 4) is 0 Å². The van der Waals surface area contributed by atoms with Gasteiger partial charge in [0.25, 0.3) is 5.56 Å². The predicted octanol–water partition coefficient (Wildman–Crippen LogP) is 1.40. The number of nitrogens with zero attached hydrogens (tertiary/aromatic N) is 2. The van der Waals surface area contributed by atoms with Gasteiger partial charge in [0.1, 0.15) is 5.52 Å². The summed E-state index contributed by atoms with van der Waals surface area (Å²) in [5, 5.41) is 9.73. The molecule has 0 aliphatic carbocycles. The van der Waals surface area contributed by atoms with Gasteiger partial charge in [0.05, 0.1) is 21.3 Å². The molecule has 0 fully saturated rings. The second-order valence-electron chi connectivity index (χ2n) is 4.38. The third kappa shape index (κ3) is 2.05. The molecule has 0 aliphatic rings. The fourth-order valence-corrected chi connectivity index (χ4v) is 2.93. The number of hydrogen-bond donors (Lipinski definition) is 2. The smallest absolute Gasteiger partial charge is 0.335 e. The van der Waals surface area contributed by atoms with Crippen LogP contribution in [-0.2, 0) is 4.79 Å². The van der Waals surface area contributed by atoms with E-state index in [0.29, 0.717) is 15.6 Å². The van der Waals surface area contributed by atoms with Crippen LogP contribution in [0.5, 0.6) is 0 Å². The number of nitrogens with one attached hydrogen (secondary N) is 1. The zero-order valence-electron chi connectivity index (χ0n) is 10.8. The lowest BCUT2D eigenvalue weighted by Crippen LogP contribution is -2.32. The molecule has 3 rings (SSSR count). The molecule has 106 valence electrons. The largest absolute Gasteiger partial charge is 0.478 e. The summed E-state index contributed by atoms with van der Waals surface area (Å²) in [5.74, 6) is -1.54. The number of hydrogen-bond acceptors (Lipinski definition) is 5. The van der Waals surface area contributed by atoms with Gasteiger partial charge in [0.2, 0.25) is 5.91 Å². The highest BCUT2D eigenvalue weighted by atomic mass is 32.1. The molecule has 0 spiro atoms. The van der Waals surface area contributed by atoms with E-state index in [1.165, 1.54) is 35.9 Å². The van der Waals surface area contributed by atoms with Crippen LogP contribution in [0.1, 0.15) is 17.3 Å². The van der Waals surface area contributed by atoms with Crippen molar-refractivity contribution in [2.24, 2.45) is 0 Å². The Kier molecular flexibility index (Phi) is 2.95. The van der Waals surface area contributed by atoms with E-state index in [0.717, 1.165) is 4.68 Å². The third-order valence-corrected chi connectivity index (χ3v) is 3.83. The number of fused-ring (bicyclic) bond motifs is 3. The van der Waals surface area contributed by atoms with Crippen LogP contribution in [-0.4, -0.2) is 26.6 Å². The van der Waals surface area contributed by atoms with Crippen LogP contribution >= 0.6 is 11.3 Å². The van der Waals surface area contributed by atoms with Crippen LogP contribution in [0.2, 0.25) is 0 Å². The highest BCUT2D eigenvalue weighted by molar-refractivity contribution is 7.17. The number of aromatic carboxylic acids is 1. The first-order valence-electron chi connectivity index (χ1n) is 5.92. The molecule has 1 amide bonds. The molecule has 0 saturated carbocycles. The van der Waals surface area contributed by atoms with Gasteiger partial charge in [-0.1, -0.05) is 6.07 Å². The Morgan fingerprint density at radius 1 is 1.38 bits per heavy atom. The summed E-state index contributed by atoms with van der Waals surface area (Å²) in [4.78, 5) is 38.8. The summed E-state index contributed by atoms with van der Waals surface area (Å²) in [6, 6.07) is 4.41. The first-order valence-corrected chi connectivity index (χ1v) is 6.80. The summed E-state index contributed by atoms with van der Waals surface area (Å²) < 4.78 is 1.69. The first-order chi connectivity index (χ1) is 9.99. The topological polar surface area (TPSA) is 101 Å². The second-order valence-corrected chi connectivity index (χ2v) is 5.23. The van der Waals surface area contributed by atoms with E-state index in [2.05, 4.69) is 10.4 Å². The number of carboxylic acid groups (broad SMARTS) is 1. The number of thiazole rings is 1. The predicted molar refractivity (Wildman–Crippen MR) is 78.4 cm³/mol. The summed E-state index contributed by atoms with van der Waals surface area (Å²) in [6.45, 7) is 1.27. The Labute approximate surface area is 121 Å². The lowest BCUT2D eigenvalue weighted by molar-refractivity contribution is -0.115. The Morgan fingerprint density at radius 3 is 2.81 bits per heavy atom. The standard InChI is InChI=1S/C13H9N3O4S/c1-6(17)15-16-9-4-7(13(19)20)2-3-8(9)11-10(12(16)18)14-5-21-11/h2-5H,1H3,(H,15,17)(H,19,20). The summed E-state index contributed by atoms with van der Waals surface area (Å²) in [5.41, 5.74) is 4.05. The van der Waals surface area contributed by atoms with Gasteiger partial charge < -0.3 is 5.11 Å². The number of amides is 1. The summed E-state index contributed by atoms with van der Waals surface area (Å²) in [6.07, 6.45) is 0. The van der Waals surface area contributed by atoms with E-state index < -0.39 is 17.4 Å². The molecule has 0 bridgehead atoms. The molecule has 2 heterocycles. The number of rotatable bonds is 2. The Morgan fingerprint density at radius 2 is 2.14 bits per heavy atom. The zero-order chi connectivity index (χ0) is 15.1. The van der Waals surface area contributed by atoms with E-state index in [9.17, 15) is 14.4 Å². The average molecular weight is 303 g/mol.